The van der Waals surface area contributed by atoms with E-state index in [1.165, 1.54) is 0 Å². The molecule has 1 fully saturated rings. The SMILES string of the molecule is FC(F)(F)C(F)(F)CCC1CCCNC1. The molecule has 1 rings (SSSR count). The van der Waals surface area contributed by atoms with Crippen molar-refractivity contribution in [3.05, 3.63) is 0 Å². The molecule has 1 atom stereocenters. The second-order valence-corrected chi connectivity index (χ2v) is 3.95. The monoisotopic (exact) mass is 231 g/mol. The molecule has 0 radical (unpaired) electrons. The van der Waals surface area contributed by atoms with Gasteiger partial charge < -0.3 is 5.32 Å². The van der Waals surface area contributed by atoms with Crippen LogP contribution in [0.15, 0.2) is 0 Å². The highest BCUT2D eigenvalue weighted by molar-refractivity contribution is 4.78. The predicted octanol–water partition coefficient (Wildman–Crippen LogP) is 2.96. The topological polar surface area (TPSA) is 12.0 Å². The third kappa shape index (κ3) is 3.59. The molecule has 1 nitrogen and oxygen atoms in total. The first-order valence-corrected chi connectivity index (χ1v) is 4.98. The second kappa shape index (κ2) is 4.63. The number of hydrogen-bond acceptors (Lipinski definition) is 1. The fourth-order valence-corrected chi connectivity index (χ4v) is 1.70. The van der Waals surface area contributed by atoms with Crippen molar-refractivity contribution >= 4 is 0 Å². The van der Waals surface area contributed by atoms with Gasteiger partial charge in [-0.05, 0) is 38.3 Å². The van der Waals surface area contributed by atoms with Crippen molar-refractivity contribution in [2.24, 2.45) is 5.92 Å². The van der Waals surface area contributed by atoms with Crippen LogP contribution in [0.1, 0.15) is 25.7 Å². The van der Waals surface area contributed by atoms with E-state index in [0.717, 1.165) is 19.4 Å². The van der Waals surface area contributed by atoms with Gasteiger partial charge in [0.1, 0.15) is 0 Å². The first-order chi connectivity index (χ1) is 6.83. The Morgan fingerprint density at radius 1 is 1.13 bits per heavy atom. The summed E-state index contributed by atoms with van der Waals surface area (Å²) in [6, 6.07) is 0. The van der Waals surface area contributed by atoms with Gasteiger partial charge in [0.25, 0.3) is 0 Å². The number of alkyl halides is 5. The Morgan fingerprint density at radius 2 is 1.80 bits per heavy atom. The Labute approximate surface area is 85.0 Å². The van der Waals surface area contributed by atoms with E-state index in [1.54, 1.807) is 0 Å². The standard InChI is InChI=1S/C9H14F5N/c10-8(11,9(12,13)14)4-3-7-2-1-5-15-6-7/h7,15H,1-6H2. The summed E-state index contributed by atoms with van der Waals surface area (Å²) in [5.41, 5.74) is 0. The van der Waals surface area contributed by atoms with E-state index in [9.17, 15) is 22.0 Å². The van der Waals surface area contributed by atoms with E-state index in [4.69, 9.17) is 0 Å². The molecule has 0 amide bonds. The van der Waals surface area contributed by atoms with Crippen LogP contribution in [0.3, 0.4) is 0 Å². The Kier molecular flexibility index (Phi) is 3.92. The van der Waals surface area contributed by atoms with Gasteiger partial charge in [0.15, 0.2) is 0 Å². The average molecular weight is 231 g/mol. The van der Waals surface area contributed by atoms with Gasteiger partial charge in [-0.15, -0.1) is 0 Å². The van der Waals surface area contributed by atoms with E-state index in [-0.39, 0.29) is 12.3 Å². The number of rotatable bonds is 3. The summed E-state index contributed by atoms with van der Waals surface area (Å²) < 4.78 is 60.5. The van der Waals surface area contributed by atoms with Crippen molar-refractivity contribution in [2.45, 2.75) is 37.8 Å². The minimum absolute atomic E-state index is 0.0491. The molecule has 0 spiro atoms. The molecule has 15 heavy (non-hydrogen) atoms. The zero-order chi connectivity index (χ0) is 11.5. The van der Waals surface area contributed by atoms with Crippen molar-refractivity contribution in [3.63, 3.8) is 0 Å². The summed E-state index contributed by atoms with van der Waals surface area (Å²) in [6.45, 7) is 1.38. The maximum absolute atomic E-state index is 12.5. The third-order valence-electron chi connectivity index (χ3n) is 2.68. The highest BCUT2D eigenvalue weighted by Crippen LogP contribution is 2.39. The summed E-state index contributed by atoms with van der Waals surface area (Å²) >= 11 is 0. The smallest absolute Gasteiger partial charge is 0.316 e. The molecule has 90 valence electrons. The molecule has 6 heteroatoms. The van der Waals surface area contributed by atoms with Gasteiger partial charge >= 0.3 is 12.1 Å². The predicted molar refractivity (Wildman–Crippen MR) is 45.8 cm³/mol. The number of halogens is 5. The molecule has 1 N–H and O–H groups in total. The van der Waals surface area contributed by atoms with Crippen LogP contribution in [0, 0.1) is 5.92 Å². The van der Waals surface area contributed by atoms with E-state index in [1.807, 2.05) is 0 Å². The Hall–Kier alpha value is -0.390. The lowest BCUT2D eigenvalue weighted by atomic mass is 9.93. The van der Waals surface area contributed by atoms with E-state index >= 15 is 0 Å². The third-order valence-corrected chi connectivity index (χ3v) is 2.68. The van der Waals surface area contributed by atoms with Gasteiger partial charge in [0.05, 0.1) is 0 Å². The fraction of sp³-hybridized carbons (Fsp3) is 1.00. The van der Waals surface area contributed by atoms with Crippen LogP contribution >= 0.6 is 0 Å². The lowest BCUT2D eigenvalue weighted by Crippen LogP contribution is -2.38. The van der Waals surface area contributed by atoms with Crippen LogP contribution in [0.2, 0.25) is 0 Å². The Balaban J connectivity index is 2.35. The Morgan fingerprint density at radius 3 is 2.27 bits per heavy atom. The molecule has 0 aromatic heterocycles. The van der Waals surface area contributed by atoms with Crippen molar-refractivity contribution in [1.82, 2.24) is 5.32 Å². The van der Waals surface area contributed by atoms with Crippen LogP contribution in [-0.2, 0) is 0 Å². The van der Waals surface area contributed by atoms with E-state index in [0.29, 0.717) is 6.54 Å². The normalized spacial score (nSPS) is 24.2. The average Bonchev–Trinajstić information content (AvgIpc) is 2.15. The highest BCUT2D eigenvalue weighted by Gasteiger charge is 2.56. The van der Waals surface area contributed by atoms with Crippen molar-refractivity contribution in [1.29, 1.82) is 0 Å². The largest absolute Gasteiger partial charge is 0.453 e. The van der Waals surface area contributed by atoms with Crippen LogP contribution in [0.25, 0.3) is 0 Å². The maximum atomic E-state index is 12.5. The van der Waals surface area contributed by atoms with Gasteiger partial charge in [-0.25, -0.2) is 0 Å². The van der Waals surface area contributed by atoms with Gasteiger partial charge in [-0.3, -0.25) is 0 Å². The van der Waals surface area contributed by atoms with Crippen molar-refractivity contribution in [2.75, 3.05) is 13.1 Å². The van der Waals surface area contributed by atoms with Gasteiger partial charge in [-0.1, -0.05) is 0 Å². The first kappa shape index (κ1) is 12.7. The highest BCUT2D eigenvalue weighted by atomic mass is 19.4. The number of piperidine rings is 1. The van der Waals surface area contributed by atoms with Crippen molar-refractivity contribution in [3.8, 4) is 0 Å². The zero-order valence-electron chi connectivity index (χ0n) is 8.21. The molecular weight excluding hydrogens is 217 g/mol. The quantitative estimate of drug-likeness (QED) is 0.736. The van der Waals surface area contributed by atoms with Crippen LogP contribution in [0.5, 0.6) is 0 Å². The summed E-state index contributed by atoms with van der Waals surface area (Å²) in [4.78, 5) is 0. The van der Waals surface area contributed by atoms with Crippen LogP contribution in [-0.4, -0.2) is 25.2 Å². The maximum Gasteiger partial charge on any atom is 0.453 e. The molecular formula is C9H14F5N. The Bertz CT molecular complexity index is 195. The minimum Gasteiger partial charge on any atom is -0.316 e. The van der Waals surface area contributed by atoms with Gasteiger partial charge in [0.2, 0.25) is 0 Å². The summed E-state index contributed by atoms with van der Waals surface area (Å²) in [6.07, 6.45) is -4.99. The van der Waals surface area contributed by atoms with E-state index in [2.05, 4.69) is 5.32 Å². The molecule has 0 aromatic rings. The first-order valence-electron chi connectivity index (χ1n) is 4.98. The second-order valence-electron chi connectivity index (χ2n) is 3.95. The van der Waals surface area contributed by atoms with Crippen LogP contribution < -0.4 is 5.32 Å². The molecule has 1 aliphatic rings. The van der Waals surface area contributed by atoms with Gasteiger partial charge in [-0.2, -0.15) is 22.0 Å². The molecule has 1 heterocycles. The minimum atomic E-state index is -5.41. The summed E-state index contributed by atoms with van der Waals surface area (Å²) in [5, 5.41) is 2.98. The lowest BCUT2D eigenvalue weighted by Gasteiger charge is -2.25. The van der Waals surface area contributed by atoms with Crippen LogP contribution in [0.4, 0.5) is 22.0 Å². The zero-order valence-corrected chi connectivity index (χ0v) is 8.21. The molecule has 1 unspecified atom stereocenters. The number of hydrogen-bond donors (Lipinski definition) is 1. The summed E-state index contributed by atoms with van der Waals surface area (Å²) in [7, 11) is 0. The number of nitrogens with one attached hydrogen (secondary N) is 1. The molecule has 0 aromatic carbocycles. The van der Waals surface area contributed by atoms with Crippen molar-refractivity contribution < 1.29 is 22.0 Å². The molecule has 0 bridgehead atoms. The fourth-order valence-electron chi connectivity index (χ4n) is 1.70. The molecule has 1 saturated heterocycles. The molecule has 0 aliphatic carbocycles. The molecule has 0 saturated carbocycles. The summed E-state index contributed by atoms with van der Waals surface area (Å²) in [5.74, 6) is -4.59. The van der Waals surface area contributed by atoms with Gasteiger partial charge in [0, 0.05) is 6.42 Å². The lowest BCUT2D eigenvalue weighted by molar-refractivity contribution is -0.285. The van der Waals surface area contributed by atoms with E-state index < -0.39 is 18.5 Å². The molecule has 1 aliphatic heterocycles.